The number of benzene rings is 2. The lowest BCUT2D eigenvalue weighted by Gasteiger charge is -2.44. The van der Waals surface area contributed by atoms with E-state index in [0.717, 1.165) is 0 Å². The van der Waals surface area contributed by atoms with E-state index in [2.05, 4.69) is 0 Å². The molecule has 0 unspecified atom stereocenters. The molecule has 0 aliphatic heterocycles. The molecule has 2 aliphatic rings. The van der Waals surface area contributed by atoms with Gasteiger partial charge in [-0.05, 0) is 29.7 Å². The van der Waals surface area contributed by atoms with Gasteiger partial charge in [0.15, 0.2) is 11.6 Å². The number of hydrogen-bond donors (Lipinski definition) is 1. The number of aliphatic hydroxyl groups is 1. The molecule has 0 fully saturated rings. The standard InChI is InChI=1S/C23H22O6/c1-4-23(29-3)11-18(24)14-9-16-17(10-15(14)19(23)22(27)28-2)21(26)13-8-6-5-7-12(13)20(16)25/h5-10,18-19,24H,4,11H2,1-3H3/t18-,19+,23+/m1/s1. The molecule has 6 heteroatoms. The number of esters is 1. The number of carbonyl (C=O) groups is 3. The topological polar surface area (TPSA) is 89.9 Å². The molecular weight excluding hydrogens is 372 g/mol. The highest BCUT2D eigenvalue weighted by Gasteiger charge is 2.51. The van der Waals surface area contributed by atoms with Gasteiger partial charge in [0.25, 0.3) is 0 Å². The van der Waals surface area contributed by atoms with Crippen LogP contribution in [-0.4, -0.2) is 42.5 Å². The van der Waals surface area contributed by atoms with Crippen molar-refractivity contribution in [3.8, 4) is 0 Å². The van der Waals surface area contributed by atoms with Gasteiger partial charge in [0.1, 0.15) is 5.92 Å². The Morgan fingerprint density at radius 1 is 1.03 bits per heavy atom. The molecular formula is C23H22O6. The van der Waals surface area contributed by atoms with Crippen molar-refractivity contribution in [2.24, 2.45) is 0 Å². The molecule has 4 rings (SSSR count). The molecule has 0 heterocycles. The molecule has 6 nitrogen and oxygen atoms in total. The lowest BCUT2D eigenvalue weighted by molar-refractivity contribution is -0.156. The second-order valence-electron chi connectivity index (χ2n) is 7.53. The first-order valence-corrected chi connectivity index (χ1v) is 9.55. The van der Waals surface area contributed by atoms with Gasteiger partial charge in [0, 0.05) is 35.8 Å². The zero-order valence-corrected chi connectivity index (χ0v) is 16.5. The van der Waals surface area contributed by atoms with Crippen LogP contribution in [0.25, 0.3) is 0 Å². The van der Waals surface area contributed by atoms with Crippen molar-refractivity contribution in [3.05, 3.63) is 69.8 Å². The first-order valence-electron chi connectivity index (χ1n) is 9.55. The van der Waals surface area contributed by atoms with Crippen LogP contribution in [0.5, 0.6) is 0 Å². The largest absolute Gasteiger partial charge is 0.468 e. The van der Waals surface area contributed by atoms with Crippen LogP contribution in [0, 0.1) is 0 Å². The summed E-state index contributed by atoms with van der Waals surface area (Å²) < 4.78 is 10.8. The number of rotatable bonds is 3. The molecule has 0 spiro atoms. The van der Waals surface area contributed by atoms with Gasteiger partial charge in [-0.1, -0.05) is 31.2 Å². The molecule has 0 aromatic heterocycles. The molecule has 0 saturated carbocycles. The third-order valence-electron chi connectivity index (χ3n) is 6.31. The zero-order valence-electron chi connectivity index (χ0n) is 16.5. The van der Waals surface area contributed by atoms with E-state index in [4.69, 9.17) is 9.47 Å². The molecule has 2 aliphatic carbocycles. The second kappa shape index (κ2) is 6.90. The van der Waals surface area contributed by atoms with E-state index in [-0.39, 0.29) is 29.1 Å². The third kappa shape index (κ3) is 2.67. The van der Waals surface area contributed by atoms with Crippen LogP contribution >= 0.6 is 0 Å². The highest BCUT2D eigenvalue weighted by molar-refractivity contribution is 6.28. The van der Waals surface area contributed by atoms with E-state index >= 15 is 0 Å². The highest BCUT2D eigenvalue weighted by atomic mass is 16.5. The quantitative estimate of drug-likeness (QED) is 0.687. The van der Waals surface area contributed by atoms with Gasteiger partial charge < -0.3 is 14.6 Å². The average molecular weight is 394 g/mol. The lowest BCUT2D eigenvalue weighted by Crippen LogP contribution is -2.47. The minimum atomic E-state index is -0.965. The molecule has 29 heavy (non-hydrogen) atoms. The summed E-state index contributed by atoms with van der Waals surface area (Å²) in [6.45, 7) is 1.88. The fourth-order valence-electron chi connectivity index (χ4n) is 4.71. The van der Waals surface area contributed by atoms with Crippen molar-refractivity contribution >= 4 is 17.5 Å². The maximum atomic E-state index is 13.1. The van der Waals surface area contributed by atoms with Gasteiger partial charge in [0.05, 0.1) is 18.8 Å². The van der Waals surface area contributed by atoms with Crippen LogP contribution in [0.2, 0.25) is 0 Å². The van der Waals surface area contributed by atoms with E-state index < -0.39 is 23.6 Å². The van der Waals surface area contributed by atoms with Crippen molar-refractivity contribution in [1.82, 2.24) is 0 Å². The summed E-state index contributed by atoms with van der Waals surface area (Å²) in [6.07, 6.45) is -0.284. The van der Waals surface area contributed by atoms with E-state index in [9.17, 15) is 19.5 Å². The maximum absolute atomic E-state index is 13.1. The number of ether oxygens (including phenoxy) is 2. The van der Waals surface area contributed by atoms with Crippen molar-refractivity contribution in [1.29, 1.82) is 0 Å². The van der Waals surface area contributed by atoms with Crippen molar-refractivity contribution in [2.75, 3.05) is 14.2 Å². The van der Waals surface area contributed by atoms with Crippen LogP contribution in [0.4, 0.5) is 0 Å². The third-order valence-corrected chi connectivity index (χ3v) is 6.31. The number of methoxy groups -OCH3 is 2. The minimum Gasteiger partial charge on any atom is -0.468 e. The summed E-state index contributed by atoms with van der Waals surface area (Å²) in [6, 6.07) is 9.78. The first kappa shape index (κ1) is 19.5. The lowest BCUT2D eigenvalue weighted by atomic mass is 9.67. The van der Waals surface area contributed by atoms with Gasteiger partial charge >= 0.3 is 5.97 Å². The van der Waals surface area contributed by atoms with Crippen LogP contribution in [0.1, 0.15) is 74.8 Å². The predicted molar refractivity (Wildman–Crippen MR) is 104 cm³/mol. The zero-order chi connectivity index (χ0) is 20.9. The van der Waals surface area contributed by atoms with Crippen molar-refractivity contribution < 1.29 is 29.0 Å². The Kier molecular flexibility index (Phi) is 4.63. The van der Waals surface area contributed by atoms with Gasteiger partial charge in [-0.3, -0.25) is 14.4 Å². The van der Waals surface area contributed by atoms with Crippen LogP contribution < -0.4 is 0 Å². The molecule has 0 saturated heterocycles. The van der Waals surface area contributed by atoms with Crippen molar-refractivity contribution in [2.45, 2.75) is 37.4 Å². The number of ketones is 2. The Morgan fingerprint density at radius 2 is 1.59 bits per heavy atom. The summed E-state index contributed by atoms with van der Waals surface area (Å²) in [5.41, 5.74) is 1.13. The molecule has 0 bridgehead atoms. The van der Waals surface area contributed by atoms with Gasteiger partial charge in [-0.25, -0.2) is 0 Å². The predicted octanol–water partition coefficient (Wildman–Crippen LogP) is 2.95. The minimum absolute atomic E-state index is 0.185. The normalized spacial score (nSPS) is 25.1. The molecule has 3 atom stereocenters. The van der Waals surface area contributed by atoms with Gasteiger partial charge in [-0.2, -0.15) is 0 Å². The first-order chi connectivity index (χ1) is 13.9. The van der Waals surface area contributed by atoms with E-state index in [1.165, 1.54) is 14.2 Å². The number of fused-ring (bicyclic) bond motifs is 3. The number of carbonyl (C=O) groups excluding carboxylic acids is 3. The number of hydrogen-bond acceptors (Lipinski definition) is 6. The fraction of sp³-hybridized carbons (Fsp3) is 0.348. The SMILES string of the molecule is CC[C@]1(OC)C[C@@H](O)c2cc3c(cc2[C@H]1C(=O)OC)C(=O)c1ccccc1C3=O. The molecule has 150 valence electrons. The van der Waals surface area contributed by atoms with E-state index in [1.807, 2.05) is 6.92 Å². The monoisotopic (exact) mass is 394 g/mol. The Bertz CT molecular complexity index is 1030. The summed E-state index contributed by atoms with van der Waals surface area (Å²) in [5.74, 6) is -1.86. The summed E-state index contributed by atoms with van der Waals surface area (Å²) in [5, 5.41) is 10.9. The Labute approximate surface area is 168 Å². The summed E-state index contributed by atoms with van der Waals surface area (Å²) in [7, 11) is 2.80. The fourth-order valence-corrected chi connectivity index (χ4v) is 4.71. The Morgan fingerprint density at radius 3 is 2.07 bits per heavy atom. The summed E-state index contributed by atoms with van der Waals surface area (Å²) >= 11 is 0. The molecule has 2 aromatic rings. The van der Waals surface area contributed by atoms with Gasteiger partial charge in [-0.15, -0.1) is 0 Å². The molecule has 0 radical (unpaired) electrons. The smallest absolute Gasteiger partial charge is 0.316 e. The van der Waals surface area contributed by atoms with Crippen molar-refractivity contribution in [3.63, 3.8) is 0 Å². The average Bonchev–Trinajstić information content (AvgIpc) is 2.76. The Balaban J connectivity index is 1.97. The van der Waals surface area contributed by atoms with Crippen LogP contribution in [-0.2, 0) is 14.3 Å². The highest BCUT2D eigenvalue weighted by Crippen LogP contribution is 2.49. The molecule has 0 amide bonds. The summed E-state index contributed by atoms with van der Waals surface area (Å²) in [4.78, 5) is 38.9. The van der Waals surface area contributed by atoms with Crippen LogP contribution in [0.3, 0.4) is 0 Å². The second-order valence-corrected chi connectivity index (χ2v) is 7.53. The Hall–Kier alpha value is -2.83. The number of aliphatic hydroxyl groups excluding tert-OH is 1. The maximum Gasteiger partial charge on any atom is 0.316 e. The van der Waals surface area contributed by atoms with Gasteiger partial charge in [0.2, 0.25) is 0 Å². The van der Waals surface area contributed by atoms with E-state index in [1.54, 1.807) is 36.4 Å². The van der Waals surface area contributed by atoms with Crippen LogP contribution in [0.15, 0.2) is 36.4 Å². The molecule has 1 N–H and O–H groups in total. The van der Waals surface area contributed by atoms with E-state index in [0.29, 0.717) is 28.7 Å². The molecule has 2 aromatic carbocycles.